The maximum atomic E-state index is 12.2. The van der Waals surface area contributed by atoms with E-state index in [0.29, 0.717) is 6.54 Å². The van der Waals surface area contributed by atoms with Gasteiger partial charge in [-0.2, -0.15) is 5.10 Å². The van der Waals surface area contributed by atoms with Crippen molar-refractivity contribution in [2.45, 2.75) is 40.3 Å². The lowest BCUT2D eigenvalue weighted by atomic mass is 10.1. The van der Waals surface area contributed by atoms with Gasteiger partial charge in [-0.3, -0.25) is 14.8 Å². The second kappa shape index (κ2) is 9.80. The third-order valence-corrected chi connectivity index (χ3v) is 4.74. The van der Waals surface area contributed by atoms with Gasteiger partial charge in [-0.25, -0.2) is 14.8 Å². The molecule has 8 nitrogen and oxygen atoms in total. The third-order valence-electron chi connectivity index (χ3n) is 4.74. The lowest BCUT2D eigenvalue weighted by molar-refractivity contribution is -0.148. The molecule has 0 saturated carbocycles. The number of ether oxygens (including phenoxy) is 1. The average molecular weight is 419 g/mol. The van der Waals surface area contributed by atoms with Crippen molar-refractivity contribution in [3.8, 4) is 0 Å². The molecular weight excluding hydrogens is 394 g/mol. The van der Waals surface area contributed by atoms with Crippen LogP contribution in [0.25, 0.3) is 6.08 Å². The molecule has 3 aromatic rings. The fourth-order valence-corrected chi connectivity index (χ4v) is 2.97. The minimum absolute atomic E-state index is 0.151. The second-order valence-electron chi connectivity index (χ2n) is 7.20. The Morgan fingerprint density at radius 1 is 1.13 bits per heavy atom. The predicted molar refractivity (Wildman–Crippen MR) is 117 cm³/mol. The Bertz CT molecular complexity index is 1090. The summed E-state index contributed by atoms with van der Waals surface area (Å²) in [6.07, 6.45) is 4.98. The number of nitrogens with zero attached hydrogens (tertiary/aromatic N) is 4. The molecule has 1 N–H and O–H groups in total. The molecule has 0 aliphatic rings. The van der Waals surface area contributed by atoms with Gasteiger partial charge in [-0.1, -0.05) is 29.8 Å². The topological polar surface area (TPSA) is 99.0 Å². The minimum atomic E-state index is -0.993. The molecule has 0 radical (unpaired) electrons. The molecule has 1 atom stereocenters. The van der Waals surface area contributed by atoms with Gasteiger partial charge < -0.3 is 4.74 Å². The minimum Gasteiger partial charge on any atom is -0.449 e. The molecule has 2 aromatic heterocycles. The molecule has 8 heteroatoms. The zero-order chi connectivity index (χ0) is 22.4. The van der Waals surface area contributed by atoms with Crippen molar-refractivity contribution < 1.29 is 14.3 Å². The van der Waals surface area contributed by atoms with E-state index in [0.717, 1.165) is 22.5 Å². The van der Waals surface area contributed by atoms with E-state index < -0.39 is 18.0 Å². The van der Waals surface area contributed by atoms with Gasteiger partial charge in [0, 0.05) is 29.7 Å². The Hall–Kier alpha value is -3.81. The fraction of sp³-hybridized carbons (Fsp3) is 0.261. The van der Waals surface area contributed by atoms with Gasteiger partial charge in [0.05, 0.1) is 12.2 Å². The van der Waals surface area contributed by atoms with Crippen molar-refractivity contribution in [1.29, 1.82) is 0 Å². The normalized spacial score (nSPS) is 12.0. The van der Waals surface area contributed by atoms with Crippen molar-refractivity contribution in [2.75, 3.05) is 5.32 Å². The van der Waals surface area contributed by atoms with Crippen LogP contribution in [0.5, 0.6) is 0 Å². The average Bonchev–Trinajstić information content (AvgIpc) is 3.01. The summed E-state index contributed by atoms with van der Waals surface area (Å²) in [7, 11) is 0. The number of esters is 1. The van der Waals surface area contributed by atoms with E-state index in [4.69, 9.17) is 4.74 Å². The zero-order valence-corrected chi connectivity index (χ0v) is 18.0. The summed E-state index contributed by atoms with van der Waals surface area (Å²) in [6, 6.07) is 9.92. The lowest BCUT2D eigenvalue weighted by Crippen LogP contribution is -2.30. The van der Waals surface area contributed by atoms with Crippen LogP contribution in [0.3, 0.4) is 0 Å². The molecule has 2 heterocycles. The van der Waals surface area contributed by atoms with E-state index in [-0.39, 0.29) is 5.95 Å². The van der Waals surface area contributed by atoms with Gasteiger partial charge in [-0.15, -0.1) is 0 Å². The lowest BCUT2D eigenvalue weighted by Gasteiger charge is -2.11. The summed E-state index contributed by atoms with van der Waals surface area (Å²) in [5, 5.41) is 7.07. The largest absolute Gasteiger partial charge is 0.449 e. The van der Waals surface area contributed by atoms with E-state index in [9.17, 15) is 9.59 Å². The van der Waals surface area contributed by atoms with E-state index in [1.54, 1.807) is 12.1 Å². The number of hydrogen-bond donors (Lipinski definition) is 1. The number of nitrogens with one attached hydrogen (secondary N) is 1. The van der Waals surface area contributed by atoms with Crippen LogP contribution in [0.4, 0.5) is 5.95 Å². The fourth-order valence-electron chi connectivity index (χ4n) is 2.97. The zero-order valence-electron chi connectivity index (χ0n) is 18.0. The number of carbonyl (C=O) groups is 2. The van der Waals surface area contributed by atoms with Gasteiger partial charge in [-0.05, 0) is 45.4 Å². The maximum Gasteiger partial charge on any atom is 0.331 e. The molecule has 160 valence electrons. The first kappa shape index (κ1) is 21.9. The van der Waals surface area contributed by atoms with Gasteiger partial charge in [0.1, 0.15) is 0 Å². The second-order valence-corrected chi connectivity index (χ2v) is 7.20. The van der Waals surface area contributed by atoms with Crippen LogP contribution in [0.1, 0.15) is 35.0 Å². The molecule has 1 amide bonds. The Kier molecular flexibility index (Phi) is 6.92. The quantitative estimate of drug-likeness (QED) is 0.466. The van der Waals surface area contributed by atoms with Crippen LogP contribution >= 0.6 is 0 Å². The van der Waals surface area contributed by atoms with Crippen LogP contribution in [-0.2, 0) is 20.9 Å². The molecule has 0 fully saturated rings. The Morgan fingerprint density at radius 3 is 2.48 bits per heavy atom. The van der Waals surface area contributed by atoms with Gasteiger partial charge in [0.2, 0.25) is 5.95 Å². The summed E-state index contributed by atoms with van der Waals surface area (Å²) >= 11 is 0. The van der Waals surface area contributed by atoms with Crippen molar-refractivity contribution in [1.82, 2.24) is 19.7 Å². The van der Waals surface area contributed by atoms with Gasteiger partial charge >= 0.3 is 5.97 Å². The monoisotopic (exact) mass is 419 g/mol. The number of aromatic nitrogens is 4. The van der Waals surface area contributed by atoms with E-state index in [1.165, 1.54) is 31.0 Å². The van der Waals surface area contributed by atoms with Crippen LogP contribution in [0.15, 0.2) is 48.8 Å². The molecular formula is C23H25N5O3. The highest BCUT2D eigenvalue weighted by Gasteiger charge is 2.18. The smallest absolute Gasteiger partial charge is 0.331 e. The first-order valence-corrected chi connectivity index (χ1v) is 9.89. The summed E-state index contributed by atoms with van der Waals surface area (Å²) < 4.78 is 7.08. The van der Waals surface area contributed by atoms with Crippen molar-refractivity contribution in [2.24, 2.45) is 0 Å². The number of aryl methyl sites for hydroxylation is 2. The number of rotatable bonds is 7. The van der Waals surface area contributed by atoms with E-state index in [2.05, 4.69) is 51.6 Å². The number of amides is 1. The van der Waals surface area contributed by atoms with Gasteiger partial charge in [0.25, 0.3) is 5.91 Å². The highest BCUT2D eigenvalue weighted by atomic mass is 16.5. The molecule has 0 aliphatic carbocycles. The first-order valence-electron chi connectivity index (χ1n) is 9.89. The molecule has 0 spiro atoms. The highest BCUT2D eigenvalue weighted by Crippen LogP contribution is 2.17. The highest BCUT2D eigenvalue weighted by molar-refractivity contribution is 5.95. The SMILES string of the molecule is Cc1ccc(Cn2nc(C)c(/C=C/C(=O)OC(C)C(=O)Nc3ncccn3)c2C)cc1. The van der Waals surface area contributed by atoms with Crippen LogP contribution < -0.4 is 5.32 Å². The summed E-state index contributed by atoms with van der Waals surface area (Å²) in [4.78, 5) is 32.1. The van der Waals surface area contributed by atoms with Crippen molar-refractivity contribution in [3.05, 3.63) is 76.9 Å². The molecule has 1 aromatic carbocycles. The van der Waals surface area contributed by atoms with Crippen LogP contribution in [-0.4, -0.2) is 37.7 Å². The number of hydrogen-bond acceptors (Lipinski definition) is 6. The molecule has 31 heavy (non-hydrogen) atoms. The molecule has 3 rings (SSSR count). The predicted octanol–water partition coefficient (Wildman–Crippen LogP) is 3.23. The maximum absolute atomic E-state index is 12.2. The van der Waals surface area contributed by atoms with Crippen molar-refractivity contribution >= 4 is 23.9 Å². The molecule has 0 bridgehead atoms. The van der Waals surface area contributed by atoms with E-state index >= 15 is 0 Å². The Labute approximate surface area is 181 Å². The summed E-state index contributed by atoms with van der Waals surface area (Å²) in [5.74, 6) is -0.980. The molecule has 1 unspecified atom stereocenters. The van der Waals surface area contributed by atoms with Crippen molar-refractivity contribution in [3.63, 3.8) is 0 Å². The Morgan fingerprint density at radius 2 is 1.81 bits per heavy atom. The molecule has 0 saturated heterocycles. The summed E-state index contributed by atoms with van der Waals surface area (Å²) in [6.45, 7) is 8.02. The van der Waals surface area contributed by atoms with E-state index in [1.807, 2.05) is 18.5 Å². The van der Waals surface area contributed by atoms with Crippen LogP contribution in [0.2, 0.25) is 0 Å². The number of anilines is 1. The first-order chi connectivity index (χ1) is 14.8. The number of carbonyl (C=O) groups excluding carboxylic acids is 2. The number of benzene rings is 1. The Balaban J connectivity index is 1.61. The summed E-state index contributed by atoms with van der Waals surface area (Å²) in [5.41, 5.74) is 4.94. The molecule has 0 aliphatic heterocycles. The van der Waals surface area contributed by atoms with Gasteiger partial charge in [0.15, 0.2) is 6.10 Å². The van der Waals surface area contributed by atoms with Crippen LogP contribution in [0, 0.1) is 20.8 Å². The standard InChI is InChI=1S/C23H25N5O3/c1-15-6-8-19(9-7-15)14-28-17(3)20(16(2)27-28)10-11-21(29)31-18(4)22(30)26-23-24-12-5-13-25-23/h5-13,18H,14H2,1-4H3,(H,24,25,26,30)/b11-10+. The third kappa shape index (κ3) is 5.85.